The third-order valence-corrected chi connectivity index (χ3v) is 2.48. The molecule has 108 valence electrons. The van der Waals surface area contributed by atoms with Crippen molar-refractivity contribution in [3.05, 3.63) is 59.2 Å². The van der Waals surface area contributed by atoms with Gasteiger partial charge in [-0.25, -0.2) is 22.9 Å². The predicted molar refractivity (Wildman–Crippen MR) is 65.5 cm³/mol. The smallest absolute Gasteiger partial charge is 0.354 e. The van der Waals surface area contributed by atoms with Crippen molar-refractivity contribution in [1.82, 2.24) is 4.98 Å². The first-order valence-electron chi connectivity index (χ1n) is 5.53. The molecule has 2 rings (SSSR count). The van der Waals surface area contributed by atoms with Crippen LogP contribution in [-0.4, -0.2) is 22.0 Å². The van der Waals surface area contributed by atoms with Gasteiger partial charge in [-0.2, -0.15) is 0 Å². The Bertz CT molecular complexity index is 711. The summed E-state index contributed by atoms with van der Waals surface area (Å²) in [7, 11) is 0. The average Bonchev–Trinajstić information content (AvgIpc) is 2.44. The molecule has 0 aliphatic heterocycles. The van der Waals surface area contributed by atoms with Crippen LogP contribution in [0, 0.1) is 17.5 Å². The van der Waals surface area contributed by atoms with Gasteiger partial charge in [-0.1, -0.05) is 0 Å². The third kappa shape index (κ3) is 3.16. The Morgan fingerprint density at radius 1 is 1.10 bits per heavy atom. The predicted octanol–water partition coefficient (Wildman–Crippen LogP) is 2.45. The molecule has 0 atom stereocenters. The number of nitrogens with one attached hydrogen (secondary N) is 1. The fraction of sp³-hybridized carbons (Fsp3) is 0. The molecule has 2 N–H and O–H groups in total. The van der Waals surface area contributed by atoms with Crippen molar-refractivity contribution in [2.75, 3.05) is 5.32 Å². The van der Waals surface area contributed by atoms with Crippen LogP contribution in [-0.2, 0) is 0 Å². The summed E-state index contributed by atoms with van der Waals surface area (Å²) in [6.07, 6.45) is 1.10. The highest BCUT2D eigenvalue weighted by Crippen LogP contribution is 2.18. The Balaban J connectivity index is 2.26. The van der Waals surface area contributed by atoms with E-state index in [1.807, 2.05) is 0 Å². The van der Waals surface area contributed by atoms with Crippen molar-refractivity contribution in [3.8, 4) is 0 Å². The van der Waals surface area contributed by atoms with E-state index in [2.05, 4.69) is 10.3 Å². The molecule has 0 radical (unpaired) electrons. The van der Waals surface area contributed by atoms with Crippen LogP contribution in [0.1, 0.15) is 20.8 Å². The number of pyridine rings is 1. The summed E-state index contributed by atoms with van der Waals surface area (Å²) in [4.78, 5) is 26.1. The largest absolute Gasteiger partial charge is 0.477 e. The minimum atomic E-state index is -1.65. The number of carboxylic acids is 1. The second-order valence-corrected chi connectivity index (χ2v) is 3.94. The molecular weight excluding hydrogens is 289 g/mol. The number of carbonyl (C=O) groups is 2. The maximum absolute atomic E-state index is 13.0. The second-order valence-electron chi connectivity index (χ2n) is 3.94. The van der Waals surface area contributed by atoms with Crippen LogP contribution in [0.5, 0.6) is 0 Å². The van der Waals surface area contributed by atoms with E-state index in [-0.39, 0.29) is 16.9 Å². The number of nitrogens with zero attached hydrogens (tertiary/aromatic N) is 1. The summed E-state index contributed by atoms with van der Waals surface area (Å²) in [5.74, 6) is -6.70. The highest BCUT2D eigenvalue weighted by Gasteiger charge is 2.14. The highest BCUT2D eigenvalue weighted by atomic mass is 19.2. The van der Waals surface area contributed by atoms with Crippen molar-refractivity contribution in [3.63, 3.8) is 0 Å². The van der Waals surface area contributed by atoms with Gasteiger partial charge in [-0.05, 0) is 12.1 Å². The number of halogens is 3. The minimum absolute atomic E-state index is 0.0764. The van der Waals surface area contributed by atoms with Crippen molar-refractivity contribution >= 4 is 17.6 Å². The number of amides is 1. The lowest BCUT2D eigenvalue weighted by molar-refractivity contribution is 0.0690. The van der Waals surface area contributed by atoms with Crippen LogP contribution in [0.4, 0.5) is 18.9 Å². The number of aromatic carboxylic acids is 1. The van der Waals surface area contributed by atoms with Gasteiger partial charge in [0, 0.05) is 29.6 Å². The first-order valence-corrected chi connectivity index (χ1v) is 5.53. The van der Waals surface area contributed by atoms with Crippen LogP contribution >= 0.6 is 0 Å². The molecule has 0 aliphatic rings. The van der Waals surface area contributed by atoms with E-state index in [0.29, 0.717) is 12.1 Å². The number of carboxylic acid groups (broad SMARTS) is 1. The maximum Gasteiger partial charge on any atom is 0.354 e. The van der Waals surface area contributed by atoms with E-state index in [1.165, 1.54) is 6.07 Å². The van der Waals surface area contributed by atoms with Crippen molar-refractivity contribution in [2.45, 2.75) is 0 Å². The number of carbonyl (C=O) groups excluding carboxylic acids is 1. The van der Waals surface area contributed by atoms with Crippen molar-refractivity contribution < 1.29 is 27.9 Å². The molecule has 1 amide bonds. The fourth-order valence-corrected chi connectivity index (χ4v) is 1.52. The molecule has 8 heteroatoms. The number of hydrogen-bond acceptors (Lipinski definition) is 3. The van der Waals surface area contributed by atoms with Gasteiger partial charge < -0.3 is 10.4 Å². The Labute approximate surface area is 116 Å². The highest BCUT2D eigenvalue weighted by molar-refractivity contribution is 6.05. The van der Waals surface area contributed by atoms with Crippen molar-refractivity contribution in [1.29, 1.82) is 0 Å². The summed E-state index contributed by atoms with van der Waals surface area (Å²) in [6.45, 7) is 0. The molecular formula is C13H7F3N2O3. The molecule has 0 aliphatic carbocycles. The number of aromatic nitrogens is 1. The zero-order chi connectivity index (χ0) is 15.6. The molecule has 1 heterocycles. The normalized spacial score (nSPS) is 10.2. The maximum atomic E-state index is 13.0. The summed E-state index contributed by atoms with van der Waals surface area (Å²) in [6, 6.07) is 3.43. The van der Waals surface area contributed by atoms with Crippen LogP contribution in [0.2, 0.25) is 0 Å². The van der Waals surface area contributed by atoms with E-state index in [0.717, 1.165) is 12.3 Å². The zero-order valence-electron chi connectivity index (χ0n) is 10.2. The van der Waals surface area contributed by atoms with Crippen LogP contribution in [0.25, 0.3) is 0 Å². The van der Waals surface area contributed by atoms with Gasteiger partial charge in [0.25, 0.3) is 5.91 Å². The summed E-state index contributed by atoms with van der Waals surface area (Å²) >= 11 is 0. The first kappa shape index (κ1) is 14.5. The van der Waals surface area contributed by atoms with E-state index in [9.17, 15) is 22.8 Å². The van der Waals surface area contributed by atoms with E-state index < -0.39 is 29.3 Å². The number of benzene rings is 1. The van der Waals surface area contributed by atoms with Crippen LogP contribution in [0.15, 0.2) is 30.5 Å². The molecule has 21 heavy (non-hydrogen) atoms. The third-order valence-electron chi connectivity index (χ3n) is 2.48. The Morgan fingerprint density at radius 3 is 2.29 bits per heavy atom. The Morgan fingerprint density at radius 2 is 1.71 bits per heavy atom. The summed E-state index contributed by atoms with van der Waals surface area (Å²) < 4.78 is 38.8. The van der Waals surface area contributed by atoms with Gasteiger partial charge >= 0.3 is 5.97 Å². The van der Waals surface area contributed by atoms with E-state index in [1.54, 1.807) is 0 Å². The SMILES string of the molecule is O=C(Nc1cc(F)c(F)c(F)c1)c1ccnc(C(=O)O)c1. The van der Waals surface area contributed by atoms with E-state index >= 15 is 0 Å². The molecule has 0 unspecified atom stereocenters. The van der Waals surface area contributed by atoms with Gasteiger partial charge in [-0.15, -0.1) is 0 Å². The zero-order valence-corrected chi connectivity index (χ0v) is 10.2. The molecule has 0 spiro atoms. The Kier molecular flexibility index (Phi) is 3.88. The molecule has 1 aromatic carbocycles. The van der Waals surface area contributed by atoms with Gasteiger partial charge in [-0.3, -0.25) is 4.79 Å². The molecule has 0 saturated heterocycles. The van der Waals surface area contributed by atoms with Gasteiger partial charge in [0.15, 0.2) is 17.5 Å². The second kappa shape index (κ2) is 5.61. The minimum Gasteiger partial charge on any atom is -0.477 e. The number of hydrogen-bond donors (Lipinski definition) is 2. The first-order chi connectivity index (χ1) is 9.88. The van der Waals surface area contributed by atoms with E-state index in [4.69, 9.17) is 5.11 Å². The monoisotopic (exact) mass is 296 g/mol. The molecule has 0 saturated carbocycles. The van der Waals surface area contributed by atoms with Crippen LogP contribution in [0.3, 0.4) is 0 Å². The lowest BCUT2D eigenvalue weighted by Gasteiger charge is -2.06. The quantitative estimate of drug-likeness (QED) is 0.853. The Hall–Kier alpha value is -2.90. The topological polar surface area (TPSA) is 79.3 Å². The lowest BCUT2D eigenvalue weighted by atomic mass is 10.2. The lowest BCUT2D eigenvalue weighted by Crippen LogP contribution is -2.14. The molecule has 0 bridgehead atoms. The summed E-state index contributed by atoms with van der Waals surface area (Å²) in [5.41, 5.74) is -0.739. The molecule has 0 fully saturated rings. The van der Waals surface area contributed by atoms with Gasteiger partial charge in [0.1, 0.15) is 5.69 Å². The standard InChI is InChI=1S/C13H7F3N2O3/c14-8-4-7(5-9(15)11(8)16)18-12(19)6-1-2-17-10(3-6)13(20)21/h1-5H,(H,18,19)(H,20,21). The number of anilines is 1. The van der Waals surface area contributed by atoms with Crippen molar-refractivity contribution in [2.24, 2.45) is 0 Å². The number of rotatable bonds is 3. The van der Waals surface area contributed by atoms with Crippen LogP contribution < -0.4 is 5.32 Å². The molecule has 5 nitrogen and oxygen atoms in total. The average molecular weight is 296 g/mol. The molecule has 1 aromatic heterocycles. The molecule has 2 aromatic rings. The fourth-order valence-electron chi connectivity index (χ4n) is 1.52. The van der Waals surface area contributed by atoms with Gasteiger partial charge in [0.05, 0.1) is 0 Å². The van der Waals surface area contributed by atoms with Gasteiger partial charge in [0.2, 0.25) is 0 Å². The summed E-state index contributed by atoms with van der Waals surface area (Å²) in [5, 5.41) is 10.9.